The smallest absolute Gasteiger partial charge is 0.145 e. The van der Waals surface area contributed by atoms with Crippen LogP contribution >= 0.6 is 0 Å². The number of anilines is 1. The van der Waals surface area contributed by atoms with E-state index in [0.29, 0.717) is 5.57 Å². The maximum atomic E-state index is 9.70. The second kappa shape index (κ2) is 7.42. The predicted octanol–water partition coefficient (Wildman–Crippen LogP) is 4.69. The van der Waals surface area contributed by atoms with Crippen LogP contribution in [0.4, 0.5) is 5.82 Å². The first kappa shape index (κ1) is 18.9. The summed E-state index contributed by atoms with van der Waals surface area (Å²) in [5.41, 5.74) is 9.77. The standard InChI is InChI=1S/C23H21N5/c1-23(2,3)18-11-9-16(10-12-18)13-17(14-24)21-20(15-25)22(26)28(27-21)19-7-5-4-6-8-19/h4-13H,26H2,1-3H3/b17-13-. The Kier molecular flexibility index (Phi) is 5.02. The molecule has 5 nitrogen and oxygen atoms in total. The molecule has 0 aliphatic heterocycles. The van der Waals surface area contributed by atoms with E-state index in [1.165, 1.54) is 10.2 Å². The van der Waals surface area contributed by atoms with Crippen LogP contribution in [0.5, 0.6) is 0 Å². The van der Waals surface area contributed by atoms with E-state index >= 15 is 0 Å². The van der Waals surface area contributed by atoms with Gasteiger partial charge >= 0.3 is 0 Å². The minimum absolute atomic E-state index is 0.0528. The van der Waals surface area contributed by atoms with Gasteiger partial charge < -0.3 is 5.73 Å². The molecule has 0 saturated heterocycles. The van der Waals surface area contributed by atoms with Gasteiger partial charge in [-0.25, -0.2) is 4.68 Å². The highest BCUT2D eigenvalue weighted by Crippen LogP contribution is 2.28. The number of para-hydroxylation sites is 1. The molecule has 1 aromatic heterocycles. The number of nitrogen functional groups attached to an aromatic ring is 1. The van der Waals surface area contributed by atoms with Crippen molar-refractivity contribution in [3.05, 3.63) is 77.0 Å². The van der Waals surface area contributed by atoms with Crippen LogP contribution in [0.15, 0.2) is 54.6 Å². The first-order chi connectivity index (χ1) is 13.3. The van der Waals surface area contributed by atoms with Gasteiger partial charge in [-0.2, -0.15) is 15.6 Å². The molecule has 5 heteroatoms. The van der Waals surface area contributed by atoms with Gasteiger partial charge in [0.15, 0.2) is 0 Å². The molecule has 0 spiro atoms. The van der Waals surface area contributed by atoms with Crippen LogP contribution in [0.3, 0.4) is 0 Å². The summed E-state index contributed by atoms with van der Waals surface area (Å²) in [6.45, 7) is 6.45. The molecule has 0 saturated carbocycles. The highest BCUT2D eigenvalue weighted by atomic mass is 15.3. The highest BCUT2D eigenvalue weighted by molar-refractivity contribution is 5.91. The molecule has 0 radical (unpaired) electrons. The van der Waals surface area contributed by atoms with Crippen molar-refractivity contribution in [1.82, 2.24) is 9.78 Å². The average molecular weight is 367 g/mol. The van der Waals surface area contributed by atoms with E-state index in [9.17, 15) is 10.5 Å². The van der Waals surface area contributed by atoms with Crippen molar-refractivity contribution < 1.29 is 0 Å². The molecular formula is C23H21N5. The molecule has 2 aromatic carbocycles. The van der Waals surface area contributed by atoms with E-state index in [1.807, 2.05) is 54.6 Å². The summed E-state index contributed by atoms with van der Waals surface area (Å²) in [5.74, 6) is 0.216. The highest BCUT2D eigenvalue weighted by Gasteiger charge is 2.20. The molecule has 0 amide bonds. The van der Waals surface area contributed by atoms with E-state index in [2.05, 4.69) is 38.0 Å². The van der Waals surface area contributed by atoms with Crippen LogP contribution in [0.1, 0.15) is 43.2 Å². The molecular weight excluding hydrogens is 346 g/mol. The Morgan fingerprint density at radius 3 is 2.21 bits per heavy atom. The number of hydrogen-bond donors (Lipinski definition) is 1. The Labute approximate surface area is 165 Å². The number of nitrogens with zero attached hydrogens (tertiary/aromatic N) is 4. The zero-order valence-electron chi connectivity index (χ0n) is 16.1. The first-order valence-corrected chi connectivity index (χ1v) is 8.92. The molecule has 0 atom stereocenters. The number of aromatic nitrogens is 2. The quantitative estimate of drug-likeness (QED) is 0.680. The van der Waals surface area contributed by atoms with E-state index in [1.54, 1.807) is 6.08 Å². The van der Waals surface area contributed by atoms with Crippen LogP contribution < -0.4 is 5.73 Å². The molecule has 0 unspecified atom stereocenters. The van der Waals surface area contributed by atoms with Crippen LogP contribution in [0.2, 0.25) is 0 Å². The predicted molar refractivity (Wildman–Crippen MR) is 111 cm³/mol. The summed E-state index contributed by atoms with van der Waals surface area (Å²) >= 11 is 0. The number of rotatable bonds is 3. The van der Waals surface area contributed by atoms with Crippen molar-refractivity contribution >= 4 is 17.5 Å². The number of benzene rings is 2. The molecule has 2 N–H and O–H groups in total. The molecule has 0 bridgehead atoms. The molecule has 1 heterocycles. The fourth-order valence-electron chi connectivity index (χ4n) is 2.90. The molecule has 28 heavy (non-hydrogen) atoms. The van der Waals surface area contributed by atoms with Crippen molar-refractivity contribution in [1.29, 1.82) is 10.5 Å². The lowest BCUT2D eigenvalue weighted by Crippen LogP contribution is -2.10. The Balaban J connectivity index is 2.07. The second-order valence-electron chi connectivity index (χ2n) is 7.51. The zero-order valence-corrected chi connectivity index (χ0v) is 16.1. The molecule has 3 aromatic rings. The number of allylic oxidation sites excluding steroid dienone is 1. The summed E-state index contributed by atoms with van der Waals surface area (Å²) < 4.78 is 1.49. The van der Waals surface area contributed by atoms with Gasteiger partial charge in [0.2, 0.25) is 0 Å². The lowest BCUT2D eigenvalue weighted by molar-refractivity contribution is 0.590. The molecule has 3 rings (SSSR count). The Hall–Kier alpha value is -3.83. The maximum Gasteiger partial charge on any atom is 0.145 e. The molecule has 0 aliphatic carbocycles. The van der Waals surface area contributed by atoms with Gasteiger partial charge in [-0.3, -0.25) is 0 Å². The van der Waals surface area contributed by atoms with E-state index in [0.717, 1.165) is 11.3 Å². The molecule has 0 aliphatic rings. The zero-order chi connectivity index (χ0) is 20.3. The third kappa shape index (κ3) is 3.65. The van der Waals surface area contributed by atoms with Crippen molar-refractivity contribution in [2.45, 2.75) is 26.2 Å². The van der Waals surface area contributed by atoms with E-state index in [4.69, 9.17) is 5.73 Å². The van der Waals surface area contributed by atoms with Crippen molar-refractivity contribution in [3.8, 4) is 17.8 Å². The first-order valence-electron chi connectivity index (χ1n) is 8.92. The average Bonchev–Trinajstić information content (AvgIpc) is 3.02. The van der Waals surface area contributed by atoms with Gasteiger partial charge in [-0.05, 0) is 34.8 Å². The largest absolute Gasteiger partial charge is 0.382 e. The van der Waals surface area contributed by atoms with Crippen molar-refractivity contribution in [2.24, 2.45) is 0 Å². The normalized spacial score (nSPS) is 11.7. The van der Waals surface area contributed by atoms with Crippen molar-refractivity contribution in [3.63, 3.8) is 0 Å². The lowest BCUT2D eigenvalue weighted by atomic mass is 9.86. The second-order valence-corrected chi connectivity index (χ2v) is 7.51. The lowest BCUT2D eigenvalue weighted by Gasteiger charge is -2.18. The van der Waals surface area contributed by atoms with Gasteiger partial charge in [-0.15, -0.1) is 0 Å². The van der Waals surface area contributed by atoms with Gasteiger partial charge in [0, 0.05) is 0 Å². The summed E-state index contributed by atoms with van der Waals surface area (Å²) in [7, 11) is 0. The Morgan fingerprint density at radius 1 is 1.04 bits per heavy atom. The van der Waals surface area contributed by atoms with Gasteiger partial charge in [0.1, 0.15) is 29.2 Å². The SMILES string of the molecule is CC(C)(C)c1ccc(/C=C(/C#N)c2nn(-c3ccccc3)c(N)c2C#N)cc1. The van der Waals surface area contributed by atoms with Crippen LogP contribution in [0.25, 0.3) is 17.3 Å². The third-order valence-corrected chi connectivity index (χ3v) is 4.50. The van der Waals surface area contributed by atoms with Crippen molar-refractivity contribution in [2.75, 3.05) is 5.73 Å². The van der Waals surface area contributed by atoms with Crippen LogP contribution in [-0.4, -0.2) is 9.78 Å². The van der Waals surface area contributed by atoms with E-state index < -0.39 is 0 Å². The minimum atomic E-state index is 0.0528. The van der Waals surface area contributed by atoms with Gasteiger partial charge in [-0.1, -0.05) is 63.2 Å². The minimum Gasteiger partial charge on any atom is -0.382 e. The topological polar surface area (TPSA) is 91.4 Å². The van der Waals surface area contributed by atoms with Crippen LogP contribution in [0, 0.1) is 22.7 Å². The molecule has 138 valence electrons. The van der Waals surface area contributed by atoms with Gasteiger partial charge in [0.25, 0.3) is 0 Å². The van der Waals surface area contributed by atoms with Crippen LogP contribution in [-0.2, 0) is 5.41 Å². The Morgan fingerprint density at radius 2 is 1.68 bits per heavy atom. The summed E-state index contributed by atoms with van der Waals surface area (Å²) in [4.78, 5) is 0. The van der Waals surface area contributed by atoms with E-state index in [-0.39, 0.29) is 22.5 Å². The maximum absolute atomic E-state index is 9.70. The summed E-state index contributed by atoms with van der Waals surface area (Å²) in [6.07, 6.45) is 1.73. The molecule has 0 fully saturated rings. The van der Waals surface area contributed by atoms with Gasteiger partial charge in [0.05, 0.1) is 11.3 Å². The fraction of sp³-hybridized carbons (Fsp3) is 0.174. The Bertz CT molecular complexity index is 1100. The summed E-state index contributed by atoms with van der Waals surface area (Å²) in [5, 5.41) is 23.7. The number of nitrogens with two attached hydrogens (primary N) is 1. The number of nitriles is 2. The fourth-order valence-corrected chi connectivity index (χ4v) is 2.90. The third-order valence-electron chi connectivity index (χ3n) is 4.50. The summed E-state index contributed by atoms with van der Waals surface area (Å²) in [6, 6.07) is 21.5. The number of hydrogen-bond acceptors (Lipinski definition) is 4. The monoisotopic (exact) mass is 367 g/mol.